The van der Waals surface area contributed by atoms with Gasteiger partial charge in [-0.15, -0.1) is 11.3 Å². The first-order valence-corrected chi connectivity index (χ1v) is 8.23. The lowest BCUT2D eigenvalue weighted by Gasteiger charge is -2.28. The summed E-state index contributed by atoms with van der Waals surface area (Å²) < 4.78 is 11.4. The Morgan fingerprint density at radius 3 is 2.77 bits per heavy atom. The predicted octanol–water partition coefficient (Wildman–Crippen LogP) is 4.16. The molecule has 0 fully saturated rings. The lowest BCUT2D eigenvalue weighted by molar-refractivity contribution is 0.132. The molecule has 1 aromatic heterocycles. The zero-order valence-corrected chi connectivity index (χ0v) is 13.8. The van der Waals surface area contributed by atoms with E-state index in [2.05, 4.69) is 29.9 Å². The molecular weight excluding hydrogens is 296 g/mol. The van der Waals surface area contributed by atoms with Crippen LogP contribution < -0.4 is 9.64 Å². The van der Waals surface area contributed by atoms with Crippen LogP contribution in [0.4, 0.5) is 5.69 Å². The molecule has 2 unspecified atom stereocenters. The number of aromatic nitrogens is 1. The van der Waals surface area contributed by atoms with Gasteiger partial charge in [0.15, 0.2) is 12.0 Å². The minimum atomic E-state index is -0.0458. The number of ether oxygens (including phenoxy) is 2. The second-order valence-electron chi connectivity index (χ2n) is 5.27. The highest BCUT2D eigenvalue weighted by atomic mass is 32.1. The van der Waals surface area contributed by atoms with Crippen molar-refractivity contribution in [1.29, 1.82) is 0 Å². The molecule has 0 bridgehead atoms. The number of methoxy groups -OCH3 is 1. The van der Waals surface area contributed by atoms with Gasteiger partial charge >= 0.3 is 0 Å². The van der Waals surface area contributed by atoms with Crippen molar-refractivity contribution in [3.8, 4) is 5.75 Å². The van der Waals surface area contributed by atoms with Crippen molar-refractivity contribution in [3.63, 3.8) is 0 Å². The topological polar surface area (TPSA) is 34.6 Å². The molecule has 0 saturated heterocycles. The summed E-state index contributed by atoms with van der Waals surface area (Å²) in [7, 11) is 1.67. The highest BCUT2D eigenvalue weighted by Gasteiger charge is 2.32. The number of nitrogens with zero attached hydrogens (tertiary/aromatic N) is 2. The van der Waals surface area contributed by atoms with Crippen LogP contribution >= 0.6 is 11.3 Å². The molecule has 1 aromatic carbocycles. The Morgan fingerprint density at radius 1 is 1.41 bits per heavy atom. The van der Waals surface area contributed by atoms with Crippen LogP contribution in [0.5, 0.6) is 5.75 Å². The first-order chi connectivity index (χ1) is 10.7. The summed E-state index contributed by atoms with van der Waals surface area (Å²) in [5.74, 6) is 2.00. The summed E-state index contributed by atoms with van der Waals surface area (Å²) in [5.41, 5.74) is 2.85. The van der Waals surface area contributed by atoms with Crippen LogP contribution in [-0.2, 0) is 4.74 Å². The maximum absolute atomic E-state index is 6.15. The largest absolute Gasteiger partial charge is 0.497 e. The summed E-state index contributed by atoms with van der Waals surface area (Å²) in [5, 5.41) is 0. The summed E-state index contributed by atoms with van der Waals surface area (Å²) in [6.45, 7) is 4.36. The van der Waals surface area contributed by atoms with E-state index in [4.69, 9.17) is 9.47 Å². The maximum Gasteiger partial charge on any atom is 0.179 e. The zero-order chi connectivity index (χ0) is 15.5. The molecule has 0 amide bonds. The quantitative estimate of drug-likeness (QED) is 0.829. The Kier molecular flexibility index (Phi) is 4.34. The van der Waals surface area contributed by atoms with Gasteiger partial charge in [0.05, 0.1) is 17.5 Å². The number of rotatable bonds is 5. The van der Waals surface area contributed by atoms with Gasteiger partial charge in [0.25, 0.3) is 0 Å². The molecule has 115 valence electrons. The molecule has 2 heterocycles. The molecule has 0 aliphatic carbocycles. The van der Waals surface area contributed by atoms with E-state index in [-0.39, 0.29) is 6.23 Å². The minimum Gasteiger partial charge on any atom is -0.497 e. The van der Waals surface area contributed by atoms with Crippen LogP contribution in [0.25, 0.3) is 5.76 Å². The lowest BCUT2D eigenvalue weighted by Crippen LogP contribution is -2.33. The van der Waals surface area contributed by atoms with Crippen molar-refractivity contribution in [2.24, 2.45) is 5.92 Å². The first-order valence-electron chi connectivity index (χ1n) is 7.35. The Balaban J connectivity index is 1.92. The van der Waals surface area contributed by atoms with Crippen LogP contribution in [0.2, 0.25) is 0 Å². The summed E-state index contributed by atoms with van der Waals surface area (Å²) in [6.07, 6.45) is 6.18. The fourth-order valence-electron chi connectivity index (χ4n) is 2.34. The third-order valence-electron chi connectivity index (χ3n) is 3.85. The van der Waals surface area contributed by atoms with Gasteiger partial charge in [-0.1, -0.05) is 13.8 Å². The standard InChI is InChI=1S/C17H19N2O2S/c1-4-12(2)17-19(13-5-7-14(20-3)8-6-13)10-15(21-17)16-9-18-11-22-16/h5-9,11-12,17H,4H2,1-3H3. The molecule has 5 heteroatoms. The minimum absolute atomic E-state index is 0.0458. The van der Waals surface area contributed by atoms with E-state index in [0.717, 1.165) is 28.5 Å². The predicted molar refractivity (Wildman–Crippen MR) is 88.6 cm³/mol. The lowest BCUT2D eigenvalue weighted by atomic mass is 10.1. The molecule has 4 nitrogen and oxygen atoms in total. The summed E-state index contributed by atoms with van der Waals surface area (Å²) in [4.78, 5) is 7.20. The Labute approximate surface area is 135 Å². The molecule has 1 aliphatic heterocycles. The Bertz CT molecular complexity index is 637. The van der Waals surface area contributed by atoms with Crippen LogP contribution in [0, 0.1) is 12.1 Å². The van der Waals surface area contributed by atoms with Gasteiger partial charge in [-0.25, -0.2) is 0 Å². The third kappa shape index (κ3) is 2.81. The van der Waals surface area contributed by atoms with E-state index < -0.39 is 0 Å². The van der Waals surface area contributed by atoms with Gasteiger partial charge in [0.2, 0.25) is 0 Å². The van der Waals surface area contributed by atoms with Crippen molar-refractivity contribution < 1.29 is 9.47 Å². The number of thiazole rings is 1. The van der Waals surface area contributed by atoms with Crippen molar-refractivity contribution in [2.75, 3.05) is 12.0 Å². The fraction of sp³-hybridized carbons (Fsp3) is 0.353. The van der Waals surface area contributed by atoms with Crippen LogP contribution in [0.15, 0.2) is 36.0 Å². The van der Waals surface area contributed by atoms with Gasteiger partial charge in [-0.2, -0.15) is 0 Å². The molecule has 1 aliphatic rings. The van der Waals surface area contributed by atoms with Gasteiger partial charge in [0, 0.05) is 17.8 Å². The number of hydrogen-bond donors (Lipinski definition) is 0. The maximum atomic E-state index is 6.15. The zero-order valence-electron chi connectivity index (χ0n) is 12.9. The monoisotopic (exact) mass is 315 g/mol. The average Bonchev–Trinajstić information content (AvgIpc) is 3.23. The second kappa shape index (κ2) is 6.40. The molecule has 0 N–H and O–H groups in total. The SMILES string of the molecule is CCC(C)C1OC(c2cncs2)=[C]N1c1ccc(OC)cc1. The highest BCUT2D eigenvalue weighted by molar-refractivity contribution is 7.10. The number of benzene rings is 1. The summed E-state index contributed by atoms with van der Waals surface area (Å²) in [6, 6.07) is 7.96. The van der Waals surface area contributed by atoms with E-state index in [1.807, 2.05) is 36.0 Å². The van der Waals surface area contributed by atoms with Crippen molar-refractivity contribution in [2.45, 2.75) is 26.5 Å². The molecule has 1 radical (unpaired) electrons. The van der Waals surface area contributed by atoms with E-state index in [0.29, 0.717) is 5.92 Å². The van der Waals surface area contributed by atoms with E-state index in [9.17, 15) is 0 Å². The number of hydrogen-bond acceptors (Lipinski definition) is 5. The van der Waals surface area contributed by atoms with Crippen molar-refractivity contribution >= 4 is 22.8 Å². The number of anilines is 1. The molecule has 2 aromatic rings. The van der Waals surface area contributed by atoms with Crippen molar-refractivity contribution in [3.05, 3.63) is 47.0 Å². The third-order valence-corrected chi connectivity index (χ3v) is 4.62. The van der Waals surface area contributed by atoms with Crippen LogP contribution in [0.1, 0.15) is 25.1 Å². The molecule has 22 heavy (non-hydrogen) atoms. The van der Waals surface area contributed by atoms with Gasteiger partial charge in [0.1, 0.15) is 11.9 Å². The fourth-order valence-corrected chi connectivity index (χ4v) is 2.90. The van der Waals surface area contributed by atoms with Crippen molar-refractivity contribution in [1.82, 2.24) is 4.98 Å². The van der Waals surface area contributed by atoms with Gasteiger partial charge in [-0.05, 0) is 30.7 Å². The van der Waals surface area contributed by atoms with Crippen LogP contribution in [-0.4, -0.2) is 18.3 Å². The molecule has 2 atom stereocenters. The first kappa shape index (κ1) is 14.9. The van der Waals surface area contributed by atoms with E-state index in [1.54, 1.807) is 18.4 Å². The smallest absolute Gasteiger partial charge is 0.179 e. The van der Waals surface area contributed by atoms with Gasteiger partial charge < -0.3 is 9.47 Å². The summed E-state index contributed by atoms with van der Waals surface area (Å²) >= 11 is 1.56. The highest BCUT2D eigenvalue weighted by Crippen LogP contribution is 2.36. The average molecular weight is 315 g/mol. The molecule has 0 saturated carbocycles. The second-order valence-corrected chi connectivity index (χ2v) is 6.15. The molecule has 3 rings (SSSR count). The molecular formula is C17H19N2O2S. The Morgan fingerprint density at radius 2 is 2.18 bits per heavy atom. The normalized spacial score (nSPS) is 18.8. The Hall–Kier alpha value is -2.01. The van der Waals surface area contributed by atoms with Gasteiger partial charge in [-0.3, -0.25) is 9.88 Å². The van der Waals surface area contributed by atoms with Crippen LogP contribution in [0.3, 0.4) is 0 Å². The van der Waals surface area contributed by atoms with E-state index >= 15 is 0 Å². The van der Waals surface area contributed by atoms with E-state index in [1.165, 1.54) is 0 Å². The molecule has 0 spiro atoms.